The van der Waals surface area contributed by atoms with E-state index < -0.39 is 131 Å². The normalized spacial score (nSPS) is 27.1. The van der Waals surface area contributed by atoms with Crippen molar-refractivity contribution in [2.45, 2.75) is 187 Å². The molecule has 3 saturated heterocycles. The van der Waals surface area contributed by atoms with Crippen LogP contribution in [0, 0.1) is 23.7 Å². The van der Waals surface area contributed by atoms with E-state index in [1.807, 2.05) is 64.1 Å². The van der Waals surface area contributed by atoms with Gasteiger partial charge in [0.25, 0.3) is 0 Å². The largest absolute Gasteiger partial charge is 0.343 e. The van der Waals surface area contributed by atoms with Crippen molar-refractivity contribution < 1.29 is 47.9 Å². The first-order valence-electron chi connectivity index (χ1n) is 28.7. The molecule has 3 aliphatic heterocycles. The average Bonchev–Trinajstić information content (AvgIpc) is 4.13. The molecule has 0 aromatic heterocycles. The lowest BCUT2D eigenvalue weighted by atomic mass is 9.99. The van der Waals surface area contributed by atoms with E-state index in [1.54, 1.807) is 52.0 Å². The van der Waals surface area contributed by atoms with Crippen molar-refractivity contribution >= 4 is 59.1 Å². The Balaban J connectivity index is 1.57. The first-order chi connectivity index (χ1) is 37.9. The van der Waals surface area contributed by atoms with Crippen molar-refractivity contribution in [2.24, 2.45) is 29.4 Å². The topological polar surface area (TPSA) is 291 Å². The van der Waals surface area contributed by atoms with Crippen molar-refractivity contribution in [3.05, 3.63) is 71.8 Å². The number of amides is 10. The van der Waals surface area contributed by atoms with Crippen LogP contribution in [0.5, 0.6) is 0 Å². The third-order valence-corrected chi connectivity index (χ3v) is 15.3. The van der Waals surface area contributed by atoms with Gasteiger partial charge in [-0.15, -0.1) is 0 Å². The zero-order chi connectivity index (χ0) is 59.0. The van der Waals surface area contributed by atoms with Gasteiger partial charge in [-0.3, -0.25) is 47.9 Å². The van der Waals surface area contributed by atoms with E-state index in [0.29, 0.717) is 30.4 Å². The molecular formula is C59H89N11O10. The minimum atomic E-state index is -1.21. The molecule has 2 aromatic rings. The zero-order valence-electron chi connectivity index (χ0n) is 48.6. The van der Waals surface area contributed by atoms with Crippen LogP contribution < -0.4 is 43.0 Å². The Morgan fingerprint density at radius 3 is 1.27 bits per heavy atom. The molecule has 0 unspecified atom stereocenters. The Hall–Kier alpha value is -6.90. The summed E-state index contributed by atoms with van der Waals surface area (Å²) in [4.78, 5) is 149. The molecular weight excluding hydrogens is 1020 g/mol. The molecule has 2 aromatic carbocycles. The summed E-state index contributed by atoms with van der Waals surface area (Å²) in [5.41, 5.74) is 7.35. The van der Waals surface area contributed by atoms with Gasteiger partial charge >= 0.3 is 0 Å². The summed E-state index contributed by atoms with van der Waals surface area (Å²) in [6, 6.07) is 6.55. The Morgan fingerprint density at radius 1 is 0.475 bits per heavy atom. The van der Waals surface area contributed by atoms with Crippen LogP contribution in [0.15, 0.2) is 60.7 Å². The quantitative estimate of drug-likeness (QED) is 0.143. The van der Waals surface area contributed by atoms with E-state index >= 15 is 0 Å². The molecule has 21 heteroatoms. The summed E-state index contributed by atoms with van der Waals surface area (Å²) in [6.45, 7) is 16.5. The van der Waals surface area contributed by atoms with E-state index in [-0.39, 0.29) is 76.4 Å². The molecule has 440 valence electrons. The number of carbonyl (C=O) groups excluding carboxylic acids is 10. The molecule has 0 bridgehead atoms. The number of benzene rings is 2. The summed E-state index contributed by atoms with van der Waals surface area (Å²) >= 11 is 0. The number of nitrogens with one attached hydrogen (secondary N) is 7. The maximum atomic E-state index is 14.9. The summed E-state index contributed by atoms with van der Waals surface area (Å²) in [5.74, 6) is -7.49. The third-order valence-electron chi connectivity index (χ3n) is 15.3. The van der Waals surface area contributed by atoms with E-state index in [2.05, 4.69) is 37.2 Å². The Labute approximate surface area is 472 Å². The standard InChI is InChI=1S/C59H89N11O10/c1-34(2)30-42-52(73)64-44(32-39-20-13-11-14-21-39)57(78)69-28-18-25-46(69)54(75)66-48(36(5)6)56(77)61-41(24-17-27-60)51(72)63-43(31-35(3)4)53(74)65-45(33-40-22-15-12-16-23-40)58(79)70-29-19-26-47(70)55(76)67-49(37(7)8)59(80)68(10)38(9)50(71)62-42/h11-16,20-23,34-38,41-49H,17-19,24-33,60H2,1-10H3,(H,61,77)(H,62,71)(H,63,72)(H,64,73)(H,65,74)(H,66,75)(H,67,76)/t38-,41-,42-,43-,44+,45+,46-,47-,48-,49-/m0/s1. The molecule has 3 heterocycles. The van der Waals surface area contributed by atoms with Gasteiger partial charge < -0.3 is 57.7 Å². The highest BCUT2D eigenvalue weighted by atomic mass is 16.2. The number of likely N-dealkylation sites (N-methyl/N-ethyl adjacent to an activating group) is 1. The lowest BCUT2D eigenvalue weighted by Crippen LogP contribution is -2.62. The SMILES string of the molecule is CC(C)C[C@@H]1NC(=O)[C@H](CCCN)NC(=O)[C@H](C(C)C)NC(=O)[C@@H]2CCCN2C(=O)[C@@H](Cc2ccccc2)NC(=O)[C@H](CC(C)C)NC(=O)[C@H](C)N(C)C(=O)[C@H](C(C)C)NC(=O)[C@@H]2CCCN2C(=O)[C@@H](Cc2ccccc2)NC1=O. The lowest BCUT2D eigenvalue weighted by Gasteiger charge is -2.34. The molecule has 10 atom stereocenters. The second kappa shape index (κ2) is 30.1. The molecule has 0 radical (unpaired) electrons. The van der Waals surface area contributed by atoms with Crippen molar-refractivity contribution in [1.29, 1.82) is 0 Å². The molecule has 80 heavy (non-hydrogen) atoms. The van der Waals surface area contributed by atoms with Gasteiger partial charge in [-0.2, -0.15) is 0 Å². The first kappa shape index (κ1) is 63.9. The summed E-state index contributed by atoms with van der Waals surface area (Å²) in [5, 5.41) is 20.0. The average molecular weight is 1110 g/mol. The van der Waals surface area contributed by atoms with Gasteiger partial charge in [0, 0.05) is 33.0 Å². The number of nitrogens with zero attached hydrogens (tertiary/aromatic N) is 3. The van der Waals surface area contributed by atoms with Crippen molar-refractivity contribution in [1.82, 2.24) is 51.9 Å². The van der Waals surface area contributed by atoms with E-state index in [1.165, 1.54) is 28.7 Å². The number of carbonyl (C=O) groups is 10. The maximum absolute atomic E-state index is 14.9. The van der Waals surface area contributed by atoms with Gasteiger partial charge in [-0.05, 0) is 99.6 Å². The highest BCUT2D eigenvalue weighted by Crippen LogP contribution is 2.24. The lowest BCUT2D eigenvalue weighted by molar-refractivity contribution is -0.145. The highest BCUT2D eigenvalue weighted by Gasteiger charge is 2.43. The maximum Gasteiger partial charge on any atom is 0.246 e. The predicted molar refractivity (Wildman–Crippen MR) is 302 cm³/mol. The fourth-order valence-electron chi connectivity index (χ4n) is 10.6. The molecule has 0 spiro atoms. The smallest absolute Gasteiger partial charge is 0.246 e. The fraction of sp³-hybridized carbons (Fsp3) is 0.627. The molecule has 10 amide bonds. The number of hydrogen-bond acceptors (Lipinski definition) is 11. The monoisotopic (exact) mass is 1110 g/mol. The van der Waals surface area contributed by atoms with Crippen LogP contribution in [0.25, 0.3) is 0 Å². The minimum absolute atomic E-state index is 0.0364. The second-order valence-corrected chi connectivity index (χ2v) is 23.3. The van der Waals surface area contributed by atoms with E-state index in [0.717, 1.165) is 0 Å². The summed E-state index contributed by atoms with van der Waals surface area (Å²) in [6.07, 6.45) is 2.17. The van der Waals surface area contributed by atoms with Gasteiger partial charge in [-0.1, -0.05) is 116 Å². The van der Waals surface area contributed by atoms with Gasteiger partial charge in [0.15, 0.2) is 0 Å². The van der Waals surface area contributed by atoms with Crippen LogP contribution in [0.4, 0.5) is 0 Å². The fourth-order valence-corrected chi connectivity index (χ4v) is 10.6. The number of hydrogen-bond donors (Lipinski definition) is 8. The van der Waals surface area contributed by atoms with E-state index in [4.69, 9.17) is 5.73 Å². The Kier molecular flexibility index (Phi) is 24.0. The van der Waals surface area contributed by atoms with Gasteiger partial charge in [0.05, 0.1) is 0 Å². The molecule has 0 aliphatic carbocycles. The molecule has 5 rings (SSSR count). The van der Waals surface area contributed by atoms with Crippen LogP contribution in [0.1, 0.15) is 125 Å². The molecule has 9 N–H and O–H groups in total. The highest BCUT2D eigenvalue weighted by molar-refractivity contribution is 6.00. The third kappa shape index (κ3) is 17.5. The summed E-state index contributed by atoms with van der Waals surface area (Å²) in [7, 11) is 1.43. The van der Waals surface area contributed by atoms with Crippen LogP contribution >= 0.6 is 0 Å². The Bertz CT molecular complexity index is 2470. The van der Waals surface area contributed by atoms with Crippen molar-refractivity contribution in [3.63, 3.8) is 0 Å². The van der Waals surface area contributed by atoms with Gasteiger partial charge in [-0.25, -0.2) is 0 Å². The van der Waals surface area contributed by atoms with Gasteiger partial charge in [0.1, 0.15) is 60.4 Å². The number of nitrogens with two attached hydrogens (primary N) is 1. The molecule has 3 fully saturated rings. The van der Waals surface area contributed by atoms with E-state index in [9.17, 15) is 47.9 Å². The Morgan fingerprint density at radius 2 is 0.863 bits per heavy atom. The summed E-state index contributed by atoms with van der Waals surface area (Å²) < 4.78 is 0. The second-order valence-electron chi connectivity index (χ2n) is 23.3. The number of fused-ring (bicyclic) bond motifs is 2. The first-order valence-corrected chi connectivity index (χ1v) is 28.7. The van der Waals surface area contributed by atoms with Crippen LogP contribution in [-0.2, 0) is 60.8 Å². The predicted octanol–water partition coefficient (Wildman–Crippen LogP) is 1.85. The zero-order valence-corrected chi connectivity index (χ0v) is 48.6. The molecule has 0 saturated carbocycles. The van der Waals surface area contributed by atoms with Crippen molar-refractivity contribution in [3.8, 4) is 0 Å². The number of rotatable bonds is 13. The van der Waals surface area contributed by atoms with Crippen molar-refractivity contribution in [2.75, 3.05) is 26.7 Å². The molecule has 3 aliphatic rings. The van der Waals surface area contributed by atoms with Crippen LogP contribution in [-0.4, -0.2) is 161 Å². The van der Waals surface area contributed by atoms with Crippen LogP contribution in [0.3, 0.4) is 0 Å². The van der Waals surface area contributed by atoms with Crippen LogP contribution in [0.2, 0.25) is 0 Å². The minimum Gasteiger partial charge on any atom is -0.343 e. The molecule has 21 nitrogen and oxygen atoms in total. The van der Waals surface area contributed by atoms with Gasteiger partial charge in [0.2, 0.25) is 59.1 Å².